The topological polar surface area (TPSA) is 26.3 Å². The molecule has 1 aromatic carbocycles. The van der Waals surface area contributed by atoms with Crippen LogP contribution >= 0.6 is 23.2 Å². The van der Waals surface area contributed by atoms with E-state index in [2.05, 4.69) is 0 Å². The minimum Gasteiger partial charge on any atom is -0.425 e. The van der Waals surface area contributed by atoms with Crippen LogP contribution in [0.3, 0.4) is 0 Å². The third-order valence-electron chi connectivity index (χ3n) is 1.28. The maximum Gasteiger partial charge on any atom is 0.308 e. The Bertz CT molecular complexity index is 324. The lowest BCUT2D eigenvalue weighted by molar-refractivity contribution is -0.131. The second kappa shape index (κ2) is 3.99. The molecular formula is C9H6Cl2O2. The van der Waals surface area contributed by atoms with Gasteiger partial charge in [-0.25, -0.2) is 0 Å². The molecule has 1 rings (SSSR count). The Morgan fingerprint density at radius 3 is 2.54 bits per heavy atom. The van der Waals surface area contributed by atoms with Crippen LogP contribution in [0.2, 0.25) is 10.0 Å². The Morgan fingerprint density at radius 2 is 2.08 bits per heavy atom. The normalized spacial score (nSPS) is 9.85. The molecule has 0 spiro atoms. The van der Waals surface area contributed by atoms with Crippen LogP contribution in [0.4, 0.5) is 0 Å². The number of carbonyl (C=O) groups is 1. The molecule has 0 heterocycles. The number of carbonyl (C=O) groups excluding carboxylic acids is 1. The van der Waals surface area contributed by atoms with Crippen LogP contribution in [-0.4, -0.2) is 5.97 Å². The van der Waals surface area contributed by atoms with Gasteiger partial charge in [-0.05, 0) is 12.1 Å². The van der Waals surface area contributed by atoms with Crippen LogP contribution in [-0.2, 0) is 4.79 Å². The van der Waals surface area contributed by atoms with E-state index in [-0.39, 0.29) is 16.3 Å². The van der Waals surface area contributed by atoms with Crippen molar-refractivity contribution in [2.24, 2.45) is 0 Å². The highest BCUT2D eigenvalue weighted by atomic mass is 35.5. The predicted octanol–water partition coefficient (Wildman–Crippen LogP) is 2.98. The summed E-state index contributed by atoms with van der Waals surface area (Å²) in [6.07, 6.45) is 0. The Morgan fingerprint density at radius 1 is 1.46 bits per heavy atom. The number of esters is 1. The van der Waals surface area contributed by atoms with E-state index in [1.54, 1.807) is 0 Å². The van der Waals surface area contributed by atoms with Crippen LogP contribution in [0, 0.1) is 6.92 Å². The largest absolute Gasteiger partial charge is 0.425 e. The van der Waals surface area contributed by atoms with Crippen molar-refractivity contribution < 1.29 is 9.53 Å². The van der Waals surface area contributed by atoms with E-state index in [1.807, 2.05) is 0 Å². The van der Waals surface area contributed by atoms with E-state index in [9.17, 15) is 4.79 Å². The van der Waals surface area contributed by atoms with Gasteiger partial charge in [-0.3, -0.25) is 4.79 Å². The van der Waals surface area contributed by atoms with E-state index in [0.29, 0.717) is 5.02 Å². The molecule has 0 aliphatic heterocycles. The molecule has 0 unspecified atom stereocenters. The zero-order chi connectivity index (χ0) is 10.0. The van der Waals surface area contributed by atoms with Gasteiger partial charge in [-0.2, -0.15) is 0 Å². The summed E-state index contributed by atoms with van der Waals surface area (Å²) in [7, 11) is 0. The monoisotopic (exact) mass is 216 g/mol. The number of hydrogen-bond acceptors (Lipinski definition) is 2. The fourth-order valence-corrected chi connectivity index (χ4v) is 1.38. The molecule has 0 aliphatic rings. The minimum absolute atomic E-state index is 0.151. The van der Waals surface area contributed by atoms with E-state index < -0.39 is 5.97 Å². The maximum atomic E-state index is 10.6. The molecule has 0 bridgehead atoms. The zero-order valence-corrected chi connectivity index (χ0v) is 8.32. The van der Waals surface area contributed by atoms with Gasteiger partial charge >= 0.3 is 5.97 Å². The molecule has 0 atom stereocenters. The zero-order valence-electron chi connectivity index (χ0n) is 6.80. The summed E-state index contributed by atoms with van der Waals surface area (Å²) >= 11 is 11.4. The van der Waals surface area contributed by atoms with Crippen molar-refractivity contribution in [2.45, 2.75) is 6.92 Å². The molecule has 0 aliphatic carbocycles. The van der Waals surface area contributed by atoms with Gasteiger partial charge in [0.05, 0.1) is 5.02 Å². The highest BCUT2D eigenvalue weighted by Gasteiger charge is 2.09. The van der Waals surface area contributed by atoms with Gasteiger partial charge in [0.25, 0.3) is 0 Å². The molecule has 4 heteroatoms. The van der Waals surface area contributed by atoms with Gasteiger partial charge in [0.2, 0.25) is 0 Å². The molecule has 0 amide bonds. The second-order valence-corrected chi connectivity index (χ2v) is 3.24. The SMILES string of the molecule is [CH]c1cc(Cl)cc(Cl)c1OC(C)=O. The molecule has 0 fully saturated rings. The van der Waals surface area contributed by atoms with Gasteiger partial charge < -0.3 is 4.74 Å². The van der Waals surface area contributed by atoms with Crippen molar-refractivity contribution in [1.29, 1.82) is 0 Å². The smallest absolute Gasteiger partial charge is 0.308 e. The van der Waals surface area contributed by atoms with E-state index in [1.165, 1.54) is 19.1 Å². The Kier molecular flexibility index (Phi) is 3.17. The summed E-state index contributed by atoms with van der Waals surface area (Å²) in [5.41, 5.74) is 0.243. The summed E-state index contributed by atoms with van der Waals surface area (Å²) in [6, 6.07) is 2.92. The van der Waals surface area contributed by atoms with Crippen molar-refractivity contribution in [3.05, 3.63) is 34.7 Å². The molecule has 0 saturated carbocycles. The molecule has 13 heavy (non-hydrogen) atoms. The quantitative estimate of drug-likeness (QED) is 0.533. The summed E-state index contributed by atoms with van der Waals surface area (Å²) < 4.78 is 4.78. The molecular weight excluding hydrogens is 211 g/mol. The first-order valence-electron chi connectivity index (χ1n) is 3.43. The lowest BCUT2D eigenvalue weighted by atomic mass is 10.2. The van der Waals surface area contributed by atoms with Crippen molar-refractivity contribution in [2.75, 3.05) is 0 Å². The highest BCUT2D eigenvalue weighted by molar-refractivity contribution is 6.35. The fraction of sp³-hybridized carbons (Fsp3) is 0.111. The molecule has 2 nitrogen and oxygen atoms in total. The molecule has 0 N–H and O–H groups in total. The first-order valence-corrected chi connectivity index (χ1v) is 4.19. The second-order valence-electron chi connectivity index (χ2n) is 2.40. The Balaban J connectivity index is 3.13. The van der Waals surface area contributed by atoms with Crippen LogP contribution in [0.5, 0.6) is 5.75 Å². The summed E-state index contributed by atoms with van der Waals surface area (Å²) in [6.45, 7) is 6.79. The first kappa shape index (κ1) is 10.4. The molecule has 2 radical (unpaired) electrons. The Hall–Kier alpha value is -0.730. The average Bonchev–Trinajstić information content (AvgIpc) is 1.96. The summed E-state index contributed by atoms with van der Waals surface area (Å²) in [5.74, 6) is -0.325. The number of ether oxygens (including phenoxy) is 1. The minimum atomic E-state index is -0.476. The Labute approximate surface area is 86.4 Å². The number of hydrogen-bond donors (Lipinski definition) is 0. The number of benzene rings is 1. The van der Waals surface area contributed by atoms with Crippen LogP contribution < -0.4 is 4.74 Å². The van der Waals surface area contributed by atoms with Crippen molar-refractivity contribution >= 4 is 29.2 Å². The van der Waals surface area contributed by atoms with Crippen molar-refractivity contribution in [3.63, 3.8) is 0 Å². The summed E-state index contributed by atoms with van der Waals surface area (Å²) in [4.78, 5) is 10.6. The van der Waals surface area contributed by atoms with Crippen LogP contribution in [0.1, 0.15) is 12.5 Å². The standard InChI is InChI=1S/C9H6Cl2O2/c1-5-3-7(10)4-8(11)9(5)13-6(2)12/h1,3-4H,2H3. The number of halogens is 2. The van der Waals surface area contributed by atoms with Crippen LogP contribution in [0.25, 0.3) is 0 Å². The van der Waals surface area contributed by atoms with Crippen LogP contribution in [0.15, 0.2) is 12.1 Å². The first-order chi connectivity index (χ1) is 6.00. The van der Waals surface area contributed by atoms with Gasteiger partial charge in [0.1, 0.15) is 0 Å². The van der Waals surface area contributed by atoms with Gasteiger partial charge in [-0.15, -0.1) is 0 Å². The lowest BCUT2D eigenvalue weighted by Crippen LogP contribution is -2.03. The van der Waals surface area contributed by atoms with Gasteiger partial charge in [0.15, 0.2) is 5.75 Å². The number of rotatable bonds is 1. The molecule has 0 saturated heterocycles. The predicted molar refractivity (Wildman–Crippen MR) is 51.2 cm³/mol. The van der Waals surface area contributed by atoms with Crippen molar-refractivity contribution in [3.8, 4) is 5.75 Å². The lowest BCUT2D eigenvalue weighted by Gasteiger charge is -2.07. The van der Waals surface area contributed by atoms with E-state index >= 15 is 0 Å². The maximum absolute atomic E-state index is 10.6. The van der Waals surface area contributed by atoms with E-state index in [4.69, 9.17) is 34.9 Å². The van der Waals surface area contributed by atoms with Gasteiger partial charge in [-0.1, -0.05) is 23.2 Å². The van der Waals surface area contributed by atoms with Gasteiger partial charge in [0, 0.05) is 24.4 Å². The van der Waals surface area contributed by atoms with E-state index in [0.717, 1.165) is 0 Å². The average molecular weight is 217 g/mol. The fourth-order valence-electron chi connectivity index (χ4n) is 0.832. The summed E-state index contributed by atoms with van der Waals surface area (Å²) in [5, 5.41) is 0.624. The van der Waals surface area contributed by atoms with Crippen molar-refractivity contribution in [1.82, 2.24) is 0 Å². The molecule has 0 aromatic heterocycles. The third kappa shape index (κ3) is 2.61. The highest BCUT2D eigenvalue weighted by Crippen LogP contribution is 2.31. The molecule has 1 aromatic rings. The molecule has 68 valence electrons. The third-order valence-corrected chi connectivity index (χ3v) is 1.78.